The first-order valence-electron chi connectivity index (χ1n) is 11.2. The summed E-state index contributed by atoms with van der Waals surface area (Å²) in [5.41, 5.74) is 13.3. The zero-order chi connectivity index (χ0) is 23.5. The van der Waals surface area contributed by atoms with Gasteiger partial charge in [-0.2, -0.15) is 5.10 Å². The van der Waals surface area contributed by atoms with Crippen LogP contribution in [0.2, 0.25) is 5.02 Å². The third-order valence-electron chi connectivity index (χ3n) is 5.85. The first-order chi connectivity index (χ1) is 16.6. The highest BCUT2D eigenvalue weighted by Gasteiger charge is 2.14. The summed E-state index contributed by atoms with van der Waals surface area (Å²) < 4.78 is 6.08. The van der Waals surface area contributed by atoms with E-state index < -0.39 is 0 Å². The Hall–Kier alpha value is -3.67. The summed E-state index contributed by atoms with van der Waals surface area (Å²) in [6.07, 6.45) is 2.50. The fourth-order valence-corrected chi connectivity index (χ4v) is 4.20. The van der Waals surface area contributed by atoms with Gasteiger partial charge in [0.25, 0.3) is 0 Å². The van der Waals surface area contributed by atoms with E-state index in [0.717, 1.165) is 45.4 Å². The molecule has 6 heteroatoms. The number of H-pyrrole nitrogens is 1. The van der Waals surface area contributed by atoms with E-state index in [1.807, 2.05) is 61.5 Å². The van der Waals surface area contributed by atoms with Crippen LogP contribution in [0.15, 0.2) is 85.1 Å². The van der Waals surface area contributed by atoms with Crippen LogP contribution in [-0.4, -0.2) is 27.8 Å². The highest BCUT2D eigenvalue weighted by molar-refractivity contribution is 6.30. The number of benzene rings is 3. The van der Waals surface area contributed by atoms with Gasteiger partial charge in [-0.3, -0.25) is 10.1 Å². The van der Waals surface area contributed by atoms with E-state index in [9.17, 15) is 0 Å². The molecular formula is C28H25ClN4O. The number of aryl methyl sites for hydroxylation is 1. The predicted molar refractivity (Wildman–Crippen MR) is 138 cm³/mol. The number of pyridine rings is 1. The number of aromatic nitrogens is 3. The van der Waals surface area contributed by atoms with Gasteiger partial charge in [-0.15, -0.1) is 0 Å². The van der Waals surface area contributed by atoms with E-state index in [-0.39, 0.29) is 6.04 Å². The third kappa shape index (κ3) is 4.81. The molecule has 0 unspecified atom stereocenters. The van der Waals surface area contributed by atoms with Crippen molar-refractivity contribution in [1.82, 2.24) is 15.2 Å². The van der Waals surface area contributed by atoms with Crippen LogP contribution in [0.3, 0.4) is 0 Å². The second-order valence-electron chi connectivity index (χ2n) is 8.40. The Bertz CT molecular complexity index is 1410. The van der Waals surface area contributed by atoms with Crippen molar-refractivity contribution in [3.05, 3.63) is 101 Å². The maximum absolute atomic E-state index is 6.34. The molecule has 2 aromatic heterocycles. The molecule has 3 aromatic carbocycles. The van der Waals surface area contributed by atoms with Crippen molar-refractivity contribution in [2.45, 2.75) is 19.4 Å². The van der Waals surface area contributed by atoms with Crippen LogP contribution in [0.5, 0.6) is 5.75 Å². The molecular weight excluding hydrogens is 444 g/mol. The molecule has 0 spiro atoms. The molecule has 34 heavy (non-hydrogen) atoms. The minimum absolute atomic E-state index is 0.119. The molecule has 1 atom stereocenters. The zero-order valence-electron chi connectivity index (χ0n) is 18.8. The number of hydrogen-bond donors (Lipinski definition) is 2. The van der Waals surface area contributed by atoms with Gasteiger partial charge in [0.15, 0.2) is 0 Å². The van der Waals surface area contributed by atoms with Crippen LogP contribution in [0, 0.1) is 6.92 Å². The molecule has 3 N–H and O–H groups in total. The van der Waals surface area contributed by atoms with Gasteiger partial charge in [-0.25, -0.2) is 0 Å². The second kappa shape index (κ2) is 9.67. The molecule has 2 heterocycles. The van der Waals surface area contributed by atoms with Crippen molar-refractivity contribution in [3.8, 4) is 28.1 Å². The summed E-state index contributed by atoms with van der Waals surface area (Å²) in [7, 11) is 0. The molecule has 170 valence electrons. The number of ether oxygens (including phenoxy) is 1. The number of halogens is 1. The molecule has 0 fully saturated rings. The molecule has 5 aromatic rings. The molecule has 0 bridgehead atoms. The lowest BCUT2D eigenvalue weighted by atomic mass is 9.98. The van der Waals surface area contributed by atoms with Crippen molar-refractivity contribution >= 4 is 22.5 Å². The molecule has 0 saturated carbocycles. The molecule has 0 aliphatic heterocycles. The lowest BCUT2D eigenvalue weighted by Crippen LogP contribution is -2.30. The monoisotopic (exact) mass is 468 g/mol. The van der Waals surface area contributed by atoms with E-state index in [1.54, 1.807) is 6.20 Å². The number of aromatic amines is 1. The topological polar surface area (TPSA) is 76.8 Å². The lowest BCUT2D eigenvalue weighted by molar-refractivity contribution is 0.287. The van der Waals surface area contributed by atoms with Crippen LogP contribution in [0.25, 0.3) is 33.3 Å². The highest BCUT2D eigenvalue weighted by atomic mass is 35.5. The Balaban J connectivity index is 1.47. The maximum atomic E-state index is 6.34. The van der Waals surface area contributed by atoms with Crippen molar-refractivity contribution in [3.63, 3.8) is 0 Å². The number of nitrogens with two attached hydrogens (primary N) is 1. The van der Waals surface area contributed by atoms with Crippen LogP contribution in [0.4, 0.5) is 0 Å². The fourth-order valence-electron chi connectivity index (χ4n) is 4.07. The first kappa shape index (κ1) is 22.1. The normalized spacial score (nSPS) is 12.1. The summed E-state index contributed by atoms with van der Waals surface area (Å²) in [5.74, 6) is 0.681. The van der Waals surface area contributed by atoms with Crippen molar-refractivity contribution in [1.29, 1.82) is 0 Å². The minimum Gasteiger partial charge on any atom is -0.490 e. The largest absolute Gasteiger partial charge is 0.490 e. The van der Waals surface area contributed by atoms with Crippen molar-refractivity contribution < 1.29 is 4.74 Å². The Morgan fingerprint density at radius 3 is 2.53 bits per heavy atom. The zero-order valence-corrected chi connectivity index (χ0v) is 19.6. The van der Waals surface area contributed by atoms with E-state index in [2.05, 4.69) is 34.5 Å². The maximum Gasteiger partial charge on any atom is 0.138 e. The van der Waals surface area contributed by atoms with E-state index >= 15 is 0 Å². The summed E-state index contributed by atoms with van der Waals surface area (Å²) in [6.45, 7) is 2.39. The van der Waals surface area contributed by atoms with Gasteiger partial charge >= 0.3 is 0 Å². The summed E-state index contributed by atoms with van der Waals surface area (Å²) in [5, 5.41) is 9.16. The van der Waals surface area contributed by atoms with Crippen LogP contribution in [0.1, 0.15) is 11.3 Å². The Morgan fingerprint density at radius 1 is 0.971 bits per heavy atom. The number of fused-ring (bicyclic) bond motifs is 1. The van der Waals surface area contributed by atoms with Crippen LogP contribution < -0.4 is 10.5 Å². The third-order valence-corrected chi connectivity index (χ3v) is 6.10. The van der Waals surface area contributed by atoms with Crippen LogP contribution in [-0.2, 0) is 6.42 Å². The fraction of sp³-hybridized carbons (Fsp3) is 0.143. The second-order valence-corrected chi connectivity index (χ2v) is 8.84. The molecule has 0 amide bonds. The lowest BCUT2D eigenvalue weighted by Gasteiger charge is -2.16. The number of nitrogens with zero attached hydrogens (tertiary/aromatic N) is 2. The summed E-state index contributed by atoms with van der Waals surface area (Å²) >= 11 is 6.12. The SMILES string of the molecule is Cc1n[nH]c2ccc(-c3cc(OC[C@@H](N)Cc4ccccc4)cnc3-c3ccc(Cl)cc3)cc12. The smallest absolute Gasteiger partial charge is 0.138 e. The summed E-state index contributed by atoms with van der Waals surface area (Å²) in [6, 6.07) is 26.1. The van der Waals surface area contributed by atoms with Gasteiger partial charge < -0.3 is 10.5 Å². The minimum atomic E-state index is -0.119. The van der Waals surface area contributed by atoms with Gasteiger partial charge in [0, 0.05) is 27.6 Å². The molecule has 0 aliphatic carbocycles. The van der Waals surface area contributed by atoms with Crippen molar-refractivity contribution in [2.24, 2.45) is 5.73 Å². The Kier molecular flexibility index (Phi) is 6.30. The van der Waals surface area contributed by atoms with Gasteiger partial charge in [0.2, 0.25) is 0 Å². The first-order valence-corrected chi connectivity index (χ1v) is 11.6. The highest BCUT2D eigenvalue weighted by Crippen LogP contribution is 2.35. The number of nitrogens with one attached hydrogen (secondary N) is 1. The van der Waals surface area contributed by atoms with Crippen molar-refractivity contribution in [2.75, 3.05) is 6.61 Å². The molecule has 5 rings (SSSR count). The Labute approximate surface area is 203 Å². The van der Waals surface area contributed by atoms with Gasteiger partial charge in [0.05, 0.1) is 23.1 Å². The predicted octanol–water partition coefficient (Wildman–Crippen LogP) is 6.20. The molecule has 0 aliphatic rings. The van der Waals surface area contributed by atoms with Gasteiger partial charge in [0.1, 0.15) is 12.4 Å². The quantitative estimate of drug-likeness (QED) is 0.298. The molecule has 0 radical (unpaired) electrons. The average Bonchev–Trinajstić information content (AvgIpc) is 3.24. The van der Waals surface area contributed by atoms with Crippen LogP contribution >= 0.6 is 11.6 Å². The standard InChI is InChI=1S/C28H25ClN4O/c1-18-25-14-21(9-12-27(25)33-32-18)26-15-24(16-31-28(26)20-7-10-22(29)11-8-20)34-17-23(30)13-19-5-3-2-4-6-19/h2-12,14-16,23H,13,17,30H2,1H3,(H,32,33)/t23-/m0/s1. The average molecular weight is 469 g/mol. The molecule has 0 saturated heterocycles. The van der Waals surface area contributed by atoms with Gasteiger partial charge in [-0.1, -0.05) is 60.1 Å². The number of rotatable bonds is 7. The number of hydrogen-bond acceptors (Lipinski definition) is 4. The van der Waals surface area contributed by atoms with E-state index in [4.69, 9.17) is 27.1 Å². The molecule has 5 nitrogen and oxygen atoms in total. The van der Waals surface area contributed by atoms with E-state index in [1.165, 1.54) is 5.56 Å². The van der Waals surface area contributed by atoms with Gasteiger partial charge in [-0.05, 0) is 54.8 Å². The van der Waals surface area contributed by atoms with E-state index in [0.29, 0.717) is 17.4 Å². The Morgan fingerprint density at radius 2 is 1.74 bits per heavy atom. The summed E-state index contributed by atoms with van der Waals surface area (Å²) in [4.78, 5) is 4.77.